The summed E-state index contributed by atoms with van der Waals surface area (Å²) in [5, 5.41) is 3.39. The largest absolute Gasteiger partial charge is 0.376 e. The number of rotatable bonds is 5. The Bertz CT molecular complexity index is 425. The fourth-order valence-electron chi connectivity index (χ4n) is 1.73. The normalized spacial score (nSPS) is 16.4. The molecule has 0 aromatic heterocycles. The summed E-state index contributed by atoms with van der Waals surface area (Å²) in [5.74, 6) is -0.209. The fourth-order valence-corrected chi connectivity index (χ4v) is 1.73. The summed E-state index contributed by atoms with van der Waals surface area (Å²) in [6.07, 6.45) is 0.121. The molecule has 0 aliphatic carbocycles. The van der Waals surface area contributed by atoms with Gasteiger partial charge in [0.1, 0.15) is 11.9 Å². The molecule has 0 atom stereocenters. The molecule has 3 nitrogen and oxygen atoms in total. The van der Waals surface area contributed by atoms with Gasteiger partial charge in [-0.15, -0.1) is 0 Å². The molecule has 0 bridgehead atoms. The van der Waals surface area contributed by atoms with Gasteiger partial charge in [-0.1, -0.05) is 6.07 Å². The summed E-state index contributed by atoms with van der Waals surface area (Å²) in [6.45, 7) is 8.59. The zero-order valence-corrected chi connectivity index (χ0v) is 11.8. The van der Waals surface area contributed by atoms with Crippen LogP contribution in [0.25, 0.3) is 0 Å². The minimum Gasteiger partial charge on any atom is -0.376 e. The number of benzene rings is 1. The Hall–Kier alpha value is -0.970. The van der Waals surface area contributed by atoms with Crippen molar-refractivity contribution in [1.29, 1.82) is 0 Å². The molecule has 1 aromatic rings. The second-order valence-electron chi connectivity index (χ2n) is 6.00. The molecule has 0 saturated carbocycles. The van der Waals surface area contributed by atoms with Gasteiger partial charge in [-0.3, -0.25) is 0 Å². The minimum absolute atomic E-state index is 0.0499. The lowest BCUT2D eigenvalue weighted by Gasteiger charge is -2.26. The van der Waals surface area contributed by atoms with E-state index in [0.717, 1.165) is 12.1 Å². The highest BCUT2D eigenvalue weighted by molar-refractivity contribution is 5.24. The number of nitrogens with one attached hydrogen (secondary N) is 1. The van der Waals surface area contributed by atoms with Crippen LogP contribution in [0, 0.1) is 5.82 Å². The molecule has 1 aliphatic heterocycles. The van der Waals surface area contributed by atoms with E-state index in [0.29, 0.717) is 25.4 Å². The van der Waals surface area contributed by atoms with Crippen molar-refractivity contribution in [3.8, 4) is 0 Å². The van der Waals surface area contributed by atoms with Gasteiger partial charge in [-0.05, 0) is 38.5 Å². The summed E-state index contributed by atoms with van der Waals surface area (Å²) >= 11 is 0. The first-order chi connectivity index (χ1) is 8.94. The third kappa shape index (κ3) is 4.56. The molecule has 1 aromatic carbocycles. The maximum atomic E-state index is 13.7. The number of hydrogen-bond donors (Lipinski definition) is 1. The predicted molar refractivity (Wildman–Crippen MR) is 72.4 cm³/mol. The van der Waals surface area contributed by atoms with Crippen LogP contribution in [0.15, 0.2) is 18.2 Å². The molecular formula is C15H22FNO2. The summed E-state index contributed by atoms with van der Waals surface area (Å²) in [4.78, 5) is 0. The van der Waals surface area contributed by atoms with Crippen molar-refractivity contribution in [2.75, 3.05) is 13.2 Å². The number of halogens is 1. The van der Waals surface area contributed by atoms with Gasteiger partial charge in [0, 0.05) is 17.6 Å². The lowest BCUT2D eigenvalue weighted by molar-refractivity contribution is -0.135. The molecule has 1 N–H and O–H groups in total. The number of ether oxygens (including phenoxy) is 2. The average molecular weight is 267 g/mol. The van der Waals surface area contributed by atoms with Crippen molar-refractivity contribution < 1.29 is 13.9 Å². The zero-order chi connectivity index (χ0) is 13.9. The SMILES string of the molecule is CC(C)(C)NCc1ccc(F)c(COC2COC2)c1. The van der Waals surface area contributed by atoms with Crippen LogP contribution >= 0.6 is 0 Å². The van der Waals surface area contributed by atoms with Gasteiger partial charge in [0.05, 0.1) is 19.8 Å². The molecule has 2 rings (SSSR count). The van der Waals surface area contributed by atoms with E-state index < -0.39 is 0 Å². The monoisotopic (exact) mass is 267 g/mol. The van der Waals surface area contributed by atoms with E-state index in [-0.39, 0.29) is 17.5 Å². The van der Waals surface area contributed by atoms with Crippen molar-refractivity contribution in [3.05, 3.63) is 35.1 Å². The van der Waals surface area contributed by atoms with Gasteiger partial charge in [-0.25, -0.2) is 4.39 Å². The van der Waals surface area contributed by atoms with E-state index in [2.05, 4.69) is 26.1 Å². The fraction of sp³-hybridized carbons (Fsp3) is 0.600. The second kappa shape index (κ2) is 5.99. The van der Waals surface area contributed by atoms with E-state index in [1.165, 1.54) is 6.07 Å². The molecule has 1 fully saturated rings. The zero-order valence-electron chi connectivity index (χ0n) is 11.8. The standard InChI is InChI=1S/C15H22FNO2/c1-15(2,3)17-7-11-4-5-14(16)12(6-11)8-19-13-9-18-10-13/h4-6,13,17H,7-10H2,1-3H3. The maximum Gasteiger partial charge on any atom is 0.128 e. The van der Waals surface area contributed by atoms with Crippen LogP contribution in [-0.4, -0.2) is 24.9 Å². The first kappa shape index (κ1) is 14.4. The van der Waals surface area contributed by atoms with E-state index >= 15 is 0 Å². The third-order valence-electron chi connectivity index (χ3n) is 3.01. The Kier molecular flexibility index (Phi) is 4.55. The molecule has 4 heteroatoms. The highest BCUT2D eigenvalue weighted by atomic mass is 19.1. The van der Waals surface area contributed by atoms with E-state index in [4.69, 9.17) is 9.47 Å². The van der Waals surface area contributed by atoms with Gasteiger partial charge in [-0.2, -0.15) is 0 Å². The van der Waals surface area contributed by atoms with Crippen molar-refractivity contribution in [2.45, 2.75) is 45.6 Å². The molecule has 0 amide bonds. The molecule has 1 saturated heterocycles. The van der Waals surface area contributed by atoms with Crippen LogP contribution in [-0.2, 0) is 22.6 Å². The molecule has 1 heterocycles. The lowest BCUT2D eigenvalue weighted by Crippen LogP contribution is -2.36. The Balaban J connectivity index is 1.93. The molecule has 0 unspecified atom stereocenters. The quantitative estimate of drug-likeness (QED) is 0.889. The van der Waals surface area contributed by atoms with Gasteiger partial charge < -0.3 is 14.8 Å². The van der Waals surface area contributed by atoms with Crippen LogP contribution in [0.1, 0.15) is 31.9 Å². The van der Waals surface area contributed by atoms with Crippen LogP contribution in [0.3, 0.4) is 0 Å². The first-order valence-corrected chi connectivity index (χ1v) is 6.66. The smallest absolute Gasteiger partial charge is 0.128 e. The summed E-state index contributed by atoms with van der Waals surface area (Å²) < 4.78 is 24.3. The van der Waals surface area contributed by atoms with Crippen LogP contribution in [0.4, 0.5) is 4.39 Å². The Morgan fingerprint density at radius 1 is 1.37 bits per heavy atom. The first-order valence-electron chi connectivity index (χ1n) is 6.66. The van der Waals surface area contributed by atoms with Crippen molar-refractivity contribution >= 4 is 0 Å². The second-order valence-corrected chi connectivity index (χ2v) is 6.00. The van der Waals surface area contributed by atoms with E-state index in [9.17, 15) is 4.39 Å². The highest BCUT2D eigenvalue weighted by Gasteiger charge is 2.19. The molecule has 0 radical (unpaired) electrons. The summed E-state index contributed by atoms with van der Waals surface area (Å²) in [5.41, 5.74) is 1.73. The van der Waals surface area contributed by atoms with Crippen molar-refractivity contribution in [1.82, 2.24) is 5.32 Å². The third-order valence-corrected chi connectivity index (χ3v) is 3.01. The van der Waals surface area contributed by atoms with Crippen molar-refractivity contribution in [2.24, 2.45) is 0 Å². The number of hydrogen-bond acceptors (Lipinski definition) is 3. The molecule has 19 heavy (non-hydrogen) atoms. The predicted octanol–water partition coefficient (Wildman–Crippen LogP) is 2.63. The van der Waals surface area contributed by atoms with Crippen LogP contribution in [0.2, 0.25) is 0 Å². The molecule has 106 valence electrons. The Morgan fingerprint density at radius 3 is 2.68 bits per heavy atom. The van der Waals surface area contributed by atoms with Gasteiger partial charge in [0.2, 0.25) is 0 Å². The topological polar surface area (TPSA) is 30.5 Å². The molecular weight excluding hydrogens is 245 g/mol. The Labute approximate surface area is 114 Å². The van der Waals surface area contributed by atoms with E-state index in [1.807, 2.05) is 12.1 Å². The summed E-state index contributed by atoms with van der Waals surface area (Å²) in [7, 11) is 0. The maximum absolute atomic E-state index is 13.7. The average Bonchev–Trinajstić information content (AvgIpc) is 2.26. The van der Waals surface area contributed by atoms with Gasteiger partial charge in [0.25, 0.3) is 0 Å². The lowest BCUT2D eigenvalue weighted by atomic mass is 10.1. The van der Waals surface area contributed by atoms with E-state index in [1.54, 1.807) is 0 Å². The molecule has 0 spiro atoms. The van der Waals surface area contributed by atoms with Gasteiger partial charge in [0.15, 0.2) is 0 Å². The van der Waals surface area contributed by atoms with Crippen molar-refractivity contribution in [3.63, 3.8) is 0 Å². The minimum atomic E-state index is -0.209. The summed E-state index contributed by atoms with van der Waals surface area (Å²) in [6, 6.07) is 5.19. The van der Waals surface area contributed by atoms with Gasteiger partial charge >= 0.3 is 0 Å². The van der Waals surface area contributed by atoms with Crippen LogP contribution < -0.4 is 5.32 Å². The highest BCUT2D eigenvalue weighted by Crippen LogP contribution is 2.15. The Morgan fingerprint density at radius 2 is 2.11 bits per heavy atom. The van der Waals surface area contributed by atoms with Crippen LogP contribution in [0.5, 0.6) is 0 Å². The molecule has 1 aliphatic rings.